The molecule has 1 rings (SSSR count). The number of hydrogen-bond acceptors (Lipinski definition) is 2. The summed E-state index contributed by atoms with van der Waals surface area (Å²) in [5, 5.41) is 0. The zero-order valence-electron chi connectivity index (χ0n) is 5.89. The topological polar surface area (TPSA) is 29.6 Å². The number of carbonyl (C=O) groups excluding carboxylic acids is 1. The van der Waals surface area contributed by atoms with Crippen LogP contribution in [0.3, 0.4) is 0 Å². The molecule has 0 aromatic carbocycles. The molecule has 0 aliphatic carbocycles. The molecule has 0 radical (unpaired) electrons. The molecule has 52 valence electrons. The highest BCUT2D eigenvalue weighted by Crippen LogP contribution is 2.22. The Morgan fingerprint density at radius 2 is 2.33 bits per heavy atom. The van der Waals surface area contributed by atoms with Gasteiger partial charge in [-0.05, 0) is 12.3 Å². The van der Waals surface area contributed by atoms with E-state index >= 15 is 0 Å². The Morgan fingerprint density at radius 1 is 1.78 bits per heavy atom. The first-order valence-electron chi connectivity index (χ1n) is 3.44. The van der Waals surface area contributed by atoms with Crippen molar-refractivity contribution in [3.05, 3.63) is 0 Å². The van der Waals surface area contributed by atoms with E-state index in [1.165, 1.54) is 0 Å². The van der Waals surface area contributed by atoms with E-state index in [0.29, 0.717) is 5.92 Å². The zero-order chi connectivity index (χ0) is 6.85. The Morgan fingerprint density at radius 3 is 2.67 bits per heavy atom. The standard InChI is InChI=1S/C7H12O2/c1-3-5(2)4-6-7(8)9-6/h5-6H,3-4H2,1-2H3. The minimum absolute atomic E-state index is 0.0182. The van der Waals surface area contributed by atoms with Crippen LogP contribution >= 0.6 is 0 Å². The van der Waals surface area contributed by atoms with Crippen LogP contribution in [0.5, 0.6) is 0 Å². The van der Waals surface area contributed by atoms with Gasteiger partial charge in [-0.25, -0.2) is 4.79 Å². The zero-order valence-corrected chi connectivity index (χ0v) is 5.89. The van der Waals surface area contributed by atoms with E-state index in [1.807, 2.05) is 0 Å². The number of rotatable bonds is 3. The summed E-state index contributed by atoms with van der Waals surface area (Å²) in [6.45, 7) is 4.26. The third kappa shape index (κ3) is 1.70. The van der Waals surface area contributed by atoms with Gasteiger partial charge in [-0.1, -0.05) is 20.3 Å². The van der Waals surface area contributed by atoms with Gasteiger partial charge in [0.2, 0.25) is 0 Å². The molecule has 0 spiro atoms. The molecule has 0 saturated carbocycles. The van der Waals surface area contributed by atoms with Gasteiger partial charge >= 0.3 is 5.97 Å². The minimum atomic E-state index is -0.0417. The maximum atomic E-state index is 10.3. The molecule has 0 aromatic rings. The van der Waals surface area contributed by atoms with Crippen LogP contribution < -0.4 is 0 Å². The third-order valence-corrected chi connectivity index (χ3v) is 1.78. The molecule has 1 aliphatic heterocycles. The maximum Gasteiger partial charge on any atom is 0.348 e. The first kappa shape index (κ1) is 6.59. The molecule has 2 nitrogen and oxygen atoms in total. The summed E-state index contributed by atoms with van der Waals surface area (Å²) in [4.78, 5) is 10.3. The lowest BCUT2D eigenvalue weighted by Crippen LogP contribution is -1.97. The molecule has 1 heterocycles. The second-order valence-corrected chi connectivity index (χ2v) is 2.67. The number of ether oxygens (including phenoxy) is 1. The molecule has 2 heteroatoms. The van der Waals surface area contributed by atoms with Gasteiger partial charge in [-0.3, -0.25) is 0 Å². The van der Waals surface area contributed by atoms with Crippen LogP contribution in [0, 0.1) is 5.92 Å². The van der Waals surface area contributed by atoms with Gasteiger partial charge in [0.15, 0.2) is 6.10 Å². The number of epoxide rings is 1. The highest BCUT2D eigenvalue weighted by atomic mass is 16.6. The lowest BCUT2D eigenvalue weighted by atomic mass is 10.0. The second-order valence-electron chi connectivity index (χ2n) is 2.67. The predicted molar refractivity (Wildman–Crippen MR) is 34.0 cm³/mol. The van der Waals surface area contributed by atoms with Crippen LogP contribution in [-0.4, -0.2) is 12.1 Å². The average molecular weight is 128 g/mol. The van der Waals surface area contributed by atoms with Gasteiger partial charge in [0.25, 0.3) is 0 Å². The minimum Gasteiger partial charge on any atom is -0.448 e. The molecule has 2 unspecified atom stereocenters. The average Bonchev–Trinajstić information content (AvgIpc) is 2.47. The van der Waals surface area contributed by atoms with Crippen LogP contribution in [0.4, 0.5) is 0 Å². The van der Waals surface area contributed by atoms with E-state index in [4.69, 9.17) is 0 Å². The van der Waals surface area contributed by atoms with Crippen molar-refractivity contribution in [1.29, 1.82) is 0 Å². The highest BCUT2D eigenvalue weighted by Gasteiger charge is 2.38. The van der Waals surface area contributed by atoms with E-state index in [1.54, 1.807) is 0 Å². The summed E-state index contributed by atoms with van der Waals surface area (Å²) in [5.41, 5.74) is 0. The molecular weight excluding hydrogens is 116 g/mol. The van der Waals surface area contributed by atoms with Crippen molar-refractivity contribution < 1.29 is 9.53 Å². The normalized spacial score (nSPS) is 27.3. The van der Waals surface area contributed by atoms with E-state index in [0.717, 1.165) is 12.8 Å². The first-order chi connectivity index (χ1) is 4.24. The largest absolute Gasteiger partial charge is 0.448 e. The fourth-order valence-electron chi connectivity index (χ4n) is 0.783. The molecule has 0 N–H and O–H groups in total. The van der Waals surface area contributed by atoms with Crippen molar-refractivity contribution in [3.63, 3.8) is 0 Å². The van der Waals surface area contributed by atoms with Gasteiger partial charge in [-0.2, -0.15) is 0 Å². The maximum absolute atomic E-state index is 10.3. The second kappa shape index (κ2) is 2.38. The van der Waals surface area contributed by atoms with E-state index in [9.17, 15) is 4.79 Å². The van der Waals surface area contributed by atoms with Crippen LogP contribution in [0.2, 0.25) is 0 Å². The highest BCUT2D eigenvalue weighted by molar-refractivity contribution is 5.87. The van der Waals surface area contributed by atoms with Crippen molar-refractivity contribution in [2.75, 3.05) is 0 Å². The van der Waals surface area contributed by atoms with Crippen LogP contribution in [0.1, 0.15) is 26.7 Å². The predicted octanol–water partition coefficient (Wildman–Crippen LogP) is 1.35. The number of hydrogen-bond donors (Lipinski definition) is 0. The fourth-order valence-corrected chi connectivity index (χ4v) is 0.783. The van der Waals surface area contributed by atoms with Crippen molar-refractivity contribution in [3.8, 4) is 0 Å². The number of carbonyl (C=O) groups is 1. The lowest BCUT2D eigenvalue weighted by Gasteiger charge is -2.00. The quantitative estimate of drug-likeness (QED) is 0.537. The Kier molecular flexibility index (Phi) is 1.74. The van der Waals surface area contributed by atoms with Crippen molar-refractivity contribution >= 4 is 5.97 Å². The molecular formula is C7H12O2. The fraction of sp³-hybridized carbons (Fsp3) is 0.857. The molecule has 2 atom stereocenters. The summed E-state index contributed by atoms with van der Waals surface area (Å²) in [7, 11) is 0. The molecule has 0 amide bonds. The van der Waals surface area contributed by atoms with Crippen LogP contribution in [0.15, 0.2) is 0 Å². The molecule has 1 fully saturated rings. The summed E-state index contributed by atoms with van der Waals surface area (Å²) in [5.74, 6) is 0.608. The van der Waals surface area contributed by atoms with Crippen molar-refractivity contribution in [2.24, 2.45) is 5.92 Å². The molecule has 9 heavy (non-hydrogen) atoms. The van der Waals surface area contributed by atoms with Crippen molar-refractivity contribution in [1.82, 2.24) is 0 Å². The van der Waals surface area contributed by atoms with Crippen LogP contribution in [-0.2, 0) is 9.53 Å². The Balaban J connectivity index is 2.11. The van der Waals surface area contributed by atoms with Crippen molar-refractivity contribution in [2.45, 2.75) is 32.8 Å². The smallest absolute Gasteiger partial charge is 0.348 e. The molecule has 0 bridgehead atoms. The van der Waals surface area contributed by atoms with E-state index < -0.39 is 0 Å². The summed E-state index contributed by atoms with van der Waals surface area (Å²) in [6.07, 6.45) is 2.00. The SMILES string of the molecule is CCC(C)CC1OC1=O. The first-order valence-corrected chi connectivity index (χ1v) is 3.44. The monoisotopic (exact) mass is 128 g/mol. The van der Waals surface area contributed by atoms with Gasteiger partial charge in [0.05, 0.1) is 0 Å². The van der Waals surface area contributed by atoms with Crippen LogP contribution in [0.25, 0.3) is 0 Å². The van der Waals surface area contributed by atoms with Gasteiger partial charge in [0.1, 0.15) is 0 Å². The van der Waals surface area contributed by atoms with E-state index in [-0.39, 0.29) is 12.1 Å². The summed E-state index contributed by atoms with van der Waals surface area (Å²) >= 11 is 0. The summed E-state index contributed by atoms with van der Waals surface area (Å²) < 4.78 is 4.65. The number of cyclic esters (lactones) is 1. The lowest BCUT2D eigenvalue weighted by molar-refractivity contribution is -0.117. The summed E-state index contributed by atoms with van der Waals surface area (Å²) in [6, 6.07) is 0. The van der Waals surface area contributed by atoms with Gasteiger partial charge < -0.3 is 4.74 Å². The molecule has 1 aliphatic rings. The molecule has 0 aromatic heterocycles. The van der Waals surface area contributed by atoms with Gasteiger partial charge in [-0.15, -0.1) is 0 Å². The molecule has 1 saturated heterocycles. The Labute approximate surface area is 55.2 Å². The Bertz CT molecular complexity index is 120. The third-order valence-electron chi connectivity index (χ3n) is 1.78. The van der Waals surface area contributed by atoms with Gasteiger partial charge in [0, 0.05) is 0 Å². The van der Waals surface area contributed by atoms with E-state index in [2.05, 4.69) is 18.6 Å². The Hall–Kier alpha value is -0.530.